The molecule has 94 valence electrons. The molecule has 3 heteroatoms. The van der Waals surface area contributed by atoms with E-state index < -0.39 is 0 Å². The van der Waals surface area contributed by atoms with Gasteiger partial charge in [0.05, 0.1) is 5.69 Å². The van der Waals surface area contributed by atoms with Crippen LogP contribution in [0.5, 0.6) is 0 Å². The van der Waals surface area contributed by atoms with Crippen LogP contribution in [0, 0.1) is 5.41 Å². The number of hydrogen-bond donors (Lipinski definition) is 1. The second kappa shape index (κ2) is 3.27. The molecule has 0 amide bonds. The molecule has 0 aromatic carbocycles. The molecule has 0 bridgehead atoms. The fraction of sp³-hybridized carbons (Fsp3) is 0.786. The van der Waals surface area contributed by atoms with Gasteiger partial charge in [-0.25, -0.2) is 4.98 Å². The quantitative estimate of drug-likeness (QED) is 0.806. The molecule has 1 aromatic rings. The molecule has 0 radical (unpaired) electrons. The molecule has 1 N–H and O–H groups in total. The van der Waals surface area contributed by atoms with E-state index in [1.54, 1.807) is 0 Å². The summed E-state index contributed by atoms with van der Waals surface area (Å²) in [5.74, 6) is 1.08. The van der Waals surface area contributed by atoms with Gasteiger partial charge in [0, 0.05) is 24.2 Å². The van der Waals surface area contributed by atoms with Gasteiger partial charge in [-0.05, 0) is 24.7 Å². The van der Waals surface area contributed by atoms with Crippen LogP contribution in [0.25, 0.3) is 0 Å². The van der Waals surface area contributed by atoms with Gasteiger partial charge in [-0.3, -0.25) is 0 Å². The van der Waals surface area contributed by atoms with Crippen molar-refractivity contribution in [2.24, 2.45) is 5.41 Å². The zero-order chi connectivity index (χ0) is 12.3. The van der Waals surface area contributed by atoms with Crippen molar-refractivity contribution >= 4 is 5.95 Å². The lowest BCUT2D eigenvalue weighted by atomic mass is 9.92. The van der Waals surface area contributed by atoms with Crippen molar-refractivity contribution in [2.75, 3.05) is 11.9 Å². The Morgan fingerprint density at radius 1 is 1.41 bits per heavy atom. The lowest BCUT2D eigenvalue weighted by Gasteiger charge is -2.30. The maximum atomic E-state index is 4.77. The van der Waals surface area contributed by atoms with Crippen molar-refractivity contribution in [1.82, 2.24) is 9.55 Å². The molecule has 1 aliphatic heterocycles. The molecule has 0 spiro atoms. The molecule has 1 fully saturated rings. The fourth-order valence-corrected chi connectivity index (χ4v) is 2.80. The number of aromatic nitrogens is 2. The van der Waals surface area contributed by atoms with Crippen molar-refractivity contribution < 1.29 is 0 Å². The van der Waals surface area contributed by atoms with Gasteiger partial charge in [-0.15, -0.1) is 0 Å². The van der Waals surface area contributed by atoms with E-state index in [1.165, 1.54) is 25.0 Å². The zero-order valence-electron chi connectivity index (χ0n) is 11.4. The van der Waals surface area contributed by atoms with Gasteiger partial charge in [0.2, 0.25) is 5.95 Å². The topological polar surface area (TPSA) is 29.9 Å². The minimum atomic E-state index is 0.140. The standard InChI is InChI=1S/C14H23N3/c1-13(2,3)10-9-17-11(14(4)6-7-14)5-8-15-12(17)16-10/h9,11H,5-8H2,1-4H3,(H,15,16). The van der Waals surface area contributed by atoms with Crippen LogP contribution < -0.4 is 5.32 Å². The molecular formula is C14H23N3. The summed E-state index contributed by atoms with van der Waals surface area (Å²) in [6.45, 7) is 10.2. The molecule has 1 aromatic heterocycles. The Labute approximate surface area is 104 Å². The van der Waals surface area contributed by atoms with Gasteiger partial charge in [-0.1, -0.05) is 27.7 Å². The van der Waals surface area contributed by atoms with Crippen LogP contribution in [0.1, 0.15) is 58.7 Å². The first kappa shape index (κ1) is 11.1. The van der Waals surface area contributed by atoms with E-state index in [0.29, 0.717) is 11.5 Å². The number of rotatable bonds is 1. The largest absolute Gasteiger partial charge is 0.356 e. The van der Waals surface area contributed by atoms with Crippen molar-refractivity contribution in [3.63, 3.8) is 0 Å². The van der Waals surface area contributed by atoms with E-state index in [4.69, 9.17) is 4.98 Å². The SMILES string of the molecule is CC(C)(C)c1cn2c(n1)NCCC2C1(C)CC1. The highest BCUT2D eigenvalue weighted by atomic mass is 15.3. The summed E-state index contributed by atoms with van der Waals surface area (Å²) >= 11 is 0. The van der Waals surface area contributed by atoms with Crippen molar-refractivity contribution in [3.8, 4) is 0 Å². The number of fused-ring (bicyclic) bond motifs is 1. The van der Waals surface area contributed by atoms with Gasteiger partial charge in [0.25, 0.3) is 0 Å². The molecule has 1 aliphatic carbocycles. The first-order chi connectivity index (χ1) is 7.90. The van der Waals surface area contributed by atoms with Crippen molar-refractivity contribution in [1.29, 1.82) is 0 Å². The molecule has 1 atom stereocenters. The van der Waals surface area contributed by atoms with Crippen LogP contribution >= 0.6 is 0 Å². The van der Waals surface area contributed by atoms with Gasteiger partial charge < -0.3 is 9.88 Å². The summed E-state index contributed by atoms with van der Waals surface area (Å²) in [5, 5.41) is 3.44. The lowest BCUT2D eigenvalue weighted by molar-refractivity contribution is 0.307. The Morgan fingerprint density at radius 2 is 2.12 bits per heavy atom. The first-order valence-electron chi connectivity index (χ1n) is 6.73. The average molecular weight is 233 g/mol. The third-order valence-electron chi connectivity index (χ3n) is 4.38. The Kier molecular flexibility index (Phi) is 2.14. The summed E-state index contributed by atoms with van der Waals surface area (Å²) in [6, 6.07) is 0.655. The maximum Gasteiger partial charge on any atom is 0.203 e. The minimum Gasteiger partial charge on any atom is -0.356 e. The van der Waals surface area contributed by atoms with Crippen LogP contribution in [-0.4, -0.2) is 16.1 Å². The predicted octanol–water partition coefficient (Wildman–Crippen LogP) is 3.34. The molecule has 2 aliphatic rings. The van der Waals surface area contributed by atoms with Gasteiger partial charge in [0.15, 0.2) is 0 Å². The summed E-state index contributed by atoms with van der Waals surface area (Å²) in [5.41, 5.74) is 1.88. The van der Waals surface area contributed by atoms with Crippen LogP contribution in [0.4, 0.5) is 5.95 Å². The monoisotopic (exact) mass is 233 g/mol. The number of nitrogens with one attached hydrogen (secondary N) is 1. The van der Waals surface area contributed by atoms with E-state index in [1.807, 2.05) is 0 Å². The maximum absolute atomic E-state index is 4.77. The van der Waals surface area contributed by atoms with E-state index in [0.717, 1.165) is 12.5 Å². The first-order valence-corrected chi connectivity index (χ1v) is 6.73. The summed E-state index contributed by atoms with van der Waals surface area (Å²) in [7, 11) is 0. The van der Waals surface area contributed by atoms with E-state index in [-0.39, 0.29) is 5.41 Å². The van der Waals surface area contributed by atoms with E-state index in [9.17, 15) is 0 Å². The Balaban J connectivity index is 2.00. The Hall–Kier alpha value is -0.990. The number of anilines is 1. The molecule has 3 nitrogen and oxygen atoms in total. The van der Waals surface area contributed by atoms with Gasteiger partial charge >= 0.3 is 0 Å². The second-order valence-electron chi connectivity index (χ2n) is 6.99. The Morgan fingerprint density at radius 3 is 2.71 bits per heavy atom. The highest BCUT2D eigenvalue weighted by Crippen LogP contribution is 2.56. The smallest absolute Gasteiger partial charge is 0.203 e. The normalized spacial score (nSPS) is 26.2. The summed E-state index contributed by atoms with van der Waals surface area (Å²) in [6.07, 6.45) is 6.26. The fourth-order valence-electron chi connectivity index (χ4n) is 2.80. The number of hydrogen-bond acceptors (Lipinski definition) is 2. The van der Waals surface area contributed by atoms with Crippen LogP contribution in [-0.2, 0) is 5.41 Å². The number of nitrogens with zero attached hydrogens (tertiary/aromatic N) is 2. The molecule has 1 saturated carbocycles. The Bertz CT molecular complexity index is 435. The zero-order valence-corrected chi connectivity index (χ0v) is 11.4. The van der Waals surface area contributed by atoms with Crippen molar-refractivity contribution in [2.45, 2.75) is 58.4 Å². The van der Waals surface area contributed by atoms with E-state index in [2.05, 4.69) is 43.8 Å². The summed E-state index contributed by atoms with van der Waals surface area (Å²) in [4.78, 5) is 4.77. The van der Waals surface area contributed by atoms with E-state index >= 15 is 0 Å². The van der Waals surface area contributed by atoms with Crippen LogP contribution in [0.15, 0.2) is 6.20 Å². The number of imidazole rings is 1. The van der Waals surface area contributed by atoms with Crippen molar-refractivity contribution in [3.05, 3.63) is 11.9 Å². The second-order valence-corrected chi connectivity index (χ2v) is 6.99. The third-order valence-corrected chi connectivity index (χ3v) is 4.38. The van der Waals surface area contributed by atoms with Crippen LogP contribution in [0.2, 0.25) is 0 Å². The summed E-state index contributed by atoms with van der Waals surface area (Å²) < 4.78 is 2.40. The van der Waals surface area contributed by atoms with Gasteiger partial charge in [0.1, 0.15) is 0 Å². The lowest BCUT2D eigenvalue weighted by Crippen LogP contribution is -2.27. The highest BCUT2D eigenvalue weighted by Gasteiger charge is 2.47. The molecule has 0 saturated heterocycles. The molecule has 17 heavy (non-hydrogen) atoms. The third kappa shape index (κ3) is 1.76. The minimum absolute atomic E-state index is 0.140. The molecule has 3 rings (SSSR count). The van der Waals surface area contributed by atoms with Crippen LogP contribution in [0.3, 0.4) is 0 Å². The average Bonchev–Trinajstić information content (AvgIpc) is 2.83. The predicted molar refractivity (Wildman–Crippen MR) is 70.4 cm³/mol. The van der Waals surface area contributed by atoms with Gasteiger partial charge in [-0.2, -0.15) is 0 Å². The molecule has 1 unspecified atom stereocenters. The molecule has 2 heterocycles. The molecular weight excluding hydrogens is 210 g/mol. The highest BCUT2D eigenvalue weighted by molar-refractivity contribution is 5.35.